The Bertz CT molecular complexity index is 840. The van der Waals surface area contributed by atoms with Crippen LogP contribution in [-0.2, 0) is 13.1 Å². The highest BCUT2D eigenvalue weighted by atomic mass is 32.1. The third kappa shape index (κ3) is 5.79. The van der Waals surface area contributed by atoms with Crippen molar-refractivity contribution in [3.05, 3.63) is 84.3 Å². The maximum atomic E-state index is 12.3. The molecule has 0 aliphatic heterocycles. The zero-order chi connectivity index (χ0) is 19.1. The highest BCUT2D eigenvalue weighted by Gasteiger charge is 2.13. The lowest BCUT2D eigenvalue weighted by Crippen LogP contribution is -2.33. The fraction of sp³-hybridized carbons (Fsp3) is 0.150. The number of hydrogen-bond donors (Lipinski definition) is 1. The smallest absolute Gasteiger partial charge is 0.387 e. The van der Waals surface area contributed by atoms with Gasteiger partial charge in [-0.1, -0.05) is 30.3 Å². The summed E-state index contributed by atoms with van der Waals surface area (Å²) in [5.74, 6) is 0.883. The number of thiocarbonyl (C=S) groups is 1. The van der Waals surface area contributed by atoms with Gasteiger partial charge >= 0.3 is 6.61 Å². The first kappa shape index (κ1) is 18.8. The molecule has 1 heterocycles. The molecule has 3 aromatic rings. The average molecular weight is 388 g/mol. The molecule has 1 aromatic heterocycles. The summed E-state index contributed by atoms with van der Waals surface area (Å²) < 4.78 is 34.3. The van der Waals surface area contributed by atoms with E-state index >= 15 is 0 Å². The van der Waals surface area contributed by atoms with Gasteiger partial charge in [0.1, 0.15) is 11.5 Å². The first-order valence-electron chi connectivity index (χ1n) is 8.27. The highest BCUT2D eigenvalue weighted by molar-refractivity contribution is 7.80. The number of anilines is 1. The van der Waals surface area contributed by atoms with Crippen LogP contribution in [0.3, 0.4) is 0 Å². The zero-order valence-corrected chi connectivity index (χ0v) is 15.2. The van der Waals surface area contributed by atoms with E-state index in [0.717, 1.165) is 11.3 Å². The second-order valence-electron chi connectivity index (χ2n) is 5.75. The molecule has 0 fully saturated rings. The molecule has 27 heavy (non-hydrogen) atoms. The van der Waals surface area contributed by atoms with Crippen LogP contribution >= 0.6 is 12.2 Å². The topological polar surface area (TPSA) is 37.6 Å². The molecule has 4 nitrogen and oxygen atoms in total. The molecule has 0 spiro atoms. The Morgan fingerprint density at radius 3 is 2.37 bits per heavy atom. The molecule has 0 amide bonds. The molecule has 0 saturated heterocycles. The molecular weight excluding hydrogens is 370 g/mol. The second kappa shape index (κ2) is 9.14. The Hall–Kier alpha value is -2.93. The number of benzene rings is 2. The lowest BCUT2D eigenvalue weighted by molar-refractivity contribution is -0.0498. The summed E-state index contributed by atoms with van der Waals surface area (Å²) in [6, 6.07) is 19.9. The fourth-order valence-electron chi connectivity index (χ4n) is 2.52. The third-order valence-corrected chi connectivity index (χ3v) is 4.12. The lowest BCUT2D eigenvalue weighted by atomic mass is 10.2. The number of alkyl halides is 2. The highest BCUT2D eigenvalue weighted by Crippen LogP contribution is 2.19. The summed E-state index contributed by atoms with van der Waals surface area (Å²) in [6.45, 7) is -1.75. The minimum atomic E-state index is -2.85. The van der Waals surface area contributed by atoms with Gasteiger partial charge in [-0.25, -0.2) is 0 Å². The van der Waals surface area contributed by atoms with Crippen molar-refractivity contribution in [3.8, 4) is 5.75 Å². The van der Waals surface area contributed by atoms with Crippen molar-refractivity contribution in [2.24, 2.45) is 0 Å². The van der Waals surface area contributed by atoms with Crippen LogP contribution < -0.4 is 10.1 Å². The fourth-order valence-corrected chi connectivity index (χ4v) is 2.76. The molecule has 0 aliphatic rings. The minimum Gasteiger partial charge on any atom is -0.467 e. The van der Waals surface area contributed by atoms with Gasteiger partial charge in [0.2, 0.25) is 0 Å². The van der Waals surface area contributed by atoms with Crippen LogP contribution in [0.2, 0.25) is 0 Å². The molecule has 2 aromatic carbocycles. The maximum absolute atomic E-state index is 12.3. The van der Waals surface area contributed by atoms with Gasteiger partial charge in [-0.15, -0.1) is 0 Å². The average Bonchev–Trinajstić information content (AvgIpc) is 3.16. The van der Waals surface area contributed by atoms with E-state index in [2.05, 4.69) is 10.1 Å². The molecule has 3 rings (SSSR count). The molecular formula is C20H18F2N2O2S. The van der Waals surface area contributed by atoms with E-state index in [4.69, 9.17) is 16.6 Å². The van der Waals surface area contributed by atoms with Gasteiger partial charge in [-0.2, -0.15) is 8.78 Å². The van der Waals surface area contributed by atoms with Crippen LogP contribution in [0.25, 0.3) is 0 Å². The first-order chi connectivity index (χ1) is 13.1. The number of nitrogens with zero attached hydrogens (tertiary/aromatic N) is 1. The SMILES string of the molecule is FC(F)Oc1ccc(NC(=S)N(Cc2ccccc2)Cc2ccco2)cc1. The van der Waals surface area contributed by atoms with Crippen molar-refractivity contribution in [1.82, 2.24) is 4.90 Å². The van der Waals surface area contributed by atoms with Gasteiger partial charge in [-0.05, 0) is 54.2 Å². The standard InChI is InChI=1S/C20H18F2N2O2S/c21-19(22)26-17-10-8-16(9-11-17)23-20(27)24(14-18-7-4-12-25-18)13-15-5-2-1-3-6-15/h1-12,19H,13-14H2,(H,23,27). The summed E-state index contributed by atoms with van der Waals surface area (Å²) in [5, 5.41) is 3.63. The number of nitrogens with one attached hydrogen (secondary N) is 1. The molecule has 0 aliphatic carbocycles. The molecule has 1 N–H and O–H groups in total. The second-order valence-corrected chi connectivity index (χ2v) is 6.14. The summed E-state index contributed by atoms with van der Waals surface area (Å²) in [7, 11) is 0. The Morgan fingerprint density at radius 2 is 1.74 bits per heavy atom. The van der Waals surface area contributed by atoms with Crippen molar-refractivity contribution in [2.75, 3.05) is 5.32 Å². The number of halogens is 2. The summed E-state index contributed by atoms with van der Waals surface area (Å²) in [5.41, 5.74) is 1.79. The van der Waals surface area contributed by atoms with Gasteiger partial charge < -0.3 is 19.4 Å². The largest absolute Gasteiger partial charge is 0.467 e. The van der Waals surface area contributed by atoms with E-state index in [1.807, 2.05) is 47.4 Å². The van der Waals surface area contributed by atoms with Gasteiger partial charge in [-0.3, -0.25) is 0 Å². The van der Waals surface area contributed by atoms with Crippen molar-refractivity contribution < 1.29 is 17.9 Å². The van der Waals surface area contributed by atoms with Crippen molar-refractivity contribution >= 4 is 23.0 Å². The van der Waals surface area contributed by atoms with Crippen molar-refractivity contribution in [1.29, 1.82) is 0 Å². The lowest BCUT2D eigenvalue weighted by Gasteiger charge is -2.25. The summed E-state index contributed by atoms with van der Waals surface area (Å²) >= 11 is 5.55. The predicted octanol–water partition coefficient (Wildman–Crippen LogP) is 5.28. The quantitative estimate of drug-likeness (QED) is 0.558. The van der Waals surface area contributed by atoms with Crippen LogP contribution in [0.1, 0.15) is 11.3 Å². The van der Waals surface area contributed by atoms with Crippen LogP contribution in [-0.4, -0.2) is 16.6 Å². The Labute approximate surface area is 161 Å². The number of hydrogen-bond acceptors (Lipinski definition) is 3. The van der Waals surface area contributed by atoms with Gasteiger partial charge in [0.05, 0.1) is 12.8 Å². The molecule has 0 saturated carbocycles. The first-order valence-corrected chi connectivity index (χ1v) is 8.68. The molecule has 0 radical (unpaired) electrons. The van der Waals surface area contributed by atoms with E-state index in [1.54, 1.807) is 18.4 Å². The number of rotatable bonds is 7. The van der Waals surface area contributed by atoms with E-state index in [1.165, 1.54) is 12.1 Å². The monoisotopic (exact) mass is 388 g/mol. The molecule has 7 heteroatoms. The Balaban J connectivity index is 1.70. The van der Waals surface area contributed by atoms with Crippen LogP contribution in [0.4, 0.5) is 14.5 Å². The van der Waals surface area contributed by atoms with Crippen molar-refractivity contribution in [2.45, 2.75) is 19.7 Å². The Morgan fingerprint density at radius 1 is 1.00 bits per heavy atom. The van der Waals surface area contributed by atoms with E-state index in [0.29, 0.717) is 23.9 Å². The Kier molecular flexibility index (Phi) is 6.38. The number of furan rings is 1. The zero-order valence-electron chi connectivity index (χ0n) is 14.3. The molecule has 140 valence electrons. The van der Waals surface area contributed by atoms with Gasteiger partial charge in [0.15, 0.2) is 5.11 Å². The van der Waals surface area contributed by atoms with Crippen LogP contribution in [0, 0.1) is 0 Å². The maximum Gasteiger partial charge on any atom is 0.387 e. The van der Waals surface area contributed by atoms with Crippen LogP contribution in [0.15, 0.2) is 77.4 Å². The normalized spacial score (nSPS) is 10.6. The molecule has 0 unspecified atom stereocenters. The van der Waals surface area contributed by atoms with Gasteiger partial charge in [0, 0.05) is 12.2 Å². The molecule has 0 bridgehead atoms. The van der Waals surface area contributed by atoms with Gasteiger partial charge in [0.25, 0.3) is 0 Å². The van der Waals surface area contributed by atoms with Crippen LogP contribution in [0.5, 0.6) is 5.75 Å². The van der Waals surface area contributed by atoms with Crippen molar-refractivity contribution in [3.63, 3.8) is 0 Å². The van der Waals surface area contributed by atoms with E-state index in [9.17, 15) is 8.78 Å². The van der Waals surface area contributed by atoms with E-state index < -0.39 is 6.61 Å². The summed E-state index contributed by atoms with van der Waals surface area (Å²) in [4.78, 5) is 1.97. The minimum absolute atomic E-state index is 0.0956. The summed E-state index contributed by atoms with van der Waals surface area (Å²) in [6.07, 6.45) is 1.62. The molecule has 0 atom stereocenters. The predicted molar refractivity (Wildman–Crippen MR) is 104 cm³/mol. The van der Waals surface area contributed by atoms with E-state index in [-0.39, 0.29) is 5.75 Å². The number of ether oxygens (including phenoxy) is 1. The third-order valence-electron chi connectivity index (χ3n) is 3.76.